The van der Waals surface area contributed by atoms with Crippen LogP contribution in [-0.2, 0) is 66.6 Å². The maximum Gasteiger partial charge on any atom is 0.340 e. The Labute approximate surface area is 383 Å². The van der Waals surface area contributed by atoms with E-state index in [2.05, 4.69) is 9.97 Å². The van der Waals surface area contributed by atoms with Gasteiger partial charge in [-0.15, -0.1) is 0 Å². The Morgan fingerprint density at radius 1 is 0.716 bits per heavy atom. The van der Waals surface area contributed by atoms with Crippen molar-refractivity contribution in [3.8, 4) is 0 Å². The quantitative estimate of drug-likeness (QED) is 0.239. The van der Waals surface area contributed by atoms with Crippen molar-refractivity contribution in [3.63, 3.8) is 0 Å². The van der Waals surface area contributed by atoms with Crippen molar-refractivity contribution < 1.29 is 86.1 Å². The third-order valence-corrected chi connectivity index (χ3v) is 13.2. The highest BCUT2D eigenvalue weighted by atomic mass is 16.7. The molecule has 0 unspecified atom stereocenters. The summed E-state index contributed by atoms with van der Waals surface area (Å²) >= 11 is 0. The lowest BCUT2D eigenvalue weighted by atomic mass is 9.45. The number of esters is 8. The summed E-state index contributed by atoms with van der Waals surface area (Å²) in [7, 11) is 0. The minimum Gasteiger partial charge on any atom is -0.465 e. The van der Waals surface area contributed by atoms with E-state index < -0.39 is 138 Å². The number of carbonyl (C=O) groups excluding carboxylic acids is 8. The molecule has 2 aliphatic carbocycles. The Balaban J connectivity index is 1.64. The zero-order valence-electron chi connectivity index (χ0n) is 37.8. The molecule has 1 saturated heterocycles. The monoisotopic (exact) mass is 930 g/mol. The van der Waals surface area contributed by atoms with Crippen molar-refractivity contribution in [1.82, 2.24) is 9.97 Å². The van der Waals surface area contributed by atoms with Crippen molar-refractivity contribution in [2.45, 2.75) is 115 Å². The van der Waals surface area contributed by atoms with Crippen LogP contribution in [0.1, 0.15) is 98.1 Å². The first kappa shape index (κ1) is 48.1. The normalized spacial score (nSPS) is 34.1. The van der Waals surface area contributed by atoms with Crippen LogP contribution in [0.2, 0.25) is 0 Å². The zero-order chi connectivity index (χ0) is 48.8. The van der Waals surface area contributed by atoms with Crippen LogP contribution in [0.15, 0.2) is 73.2 Å². The lowest BCUT2D eigenvalue weighted by Crippen LogP contribution is -2.89. The Kier molecular flexibility index (Phi) is 13.0. The van der Waals surface area contributed by atoms with Gasteiger partial charge in [0.25, 0.3) is 0 Å². The first-order valence-electron chi connectivity index (χ1n) is 21.4. The molecule has 0 amide bonds. The molecule has 1 spiro atoms. The molecule has 0 radical (unpaired) electrons. The van der Waals surface area contributed by atoms with Gasteiger partial charge in [-0.2, -0.15) is 0 Å². The molecule has 2 aromatic heterocycles. The largest absolute Gasteiger partial charge is 0.465 e. The van der Waals surface area contributed by atoms with Gasteiger partial charge in [0.1, 0.15) is 42.0 Å². The summed E-state index contributed by atoms with van der Waals surface area (Å²) in [5.41, 5.74) is -10.8. The van der Waals surface area contributed by atoms with Gasteiger partial charge >= 0.3 is 47.8 Å². The molecule has 1 N–H and O–H groups in total. The second-order valence-electron chi connectivity index (χ2n) is 17.5. The Bertz CT molecular complexity index is 2460. The van der Waals surface area contributed by atoms with Gasteiger partial charge in [-0.3, -0.25) is 33.9 Å². The average Bonchev–Trinajstić information content (AvgIpc) is 3.51. The fourth-order valence-corrected chi connectivity index (χ4v) is 10.3. The first-order valence-corrected chi connectivity index (χ1v) is 21.4. The van der Waals surface area contributed by atoms with Crippen LogP contribution in [0.4, 0.5) is 0 Å². The van der Waals surface area contributed by atoms with Crippen LogP contribution < -0.4 is 0 Å². The highest BCUT2D eigenvalue weighted by molar-refractivity contribution is 5.92. The van der Waals surface area contributed by atoms with Crippen molar-refractivity contribution in [2.24, 2.45) is 17.3 Å². The summed E-state index contributed by atoms with van der Waals surface area (Å²) < 4.78 is 56.4. The highest BCUT2D eigenvalue weighted by Gasteiger charge is 2.92. The molecule has 4 heterocycles. The molecule has 2 saturated carbocycles. The molecule has 2 aliphatic heterocycles. The summed E-state index contributed by atoms with van der Waals surface area (Å²) in [4.78, 5) is 120. The number of carbonyl (C=O) groups is 8. The standard InChI is InChI=1S/C47H50N2O18/c1-23-24(2)40(54)66-37-35(64-42(56)30-16-12-18-48-20-30)39(63-28(6)53)46(22-59-25(3)50)38(62-27(5)52)34(61-26(4)51)32-36(65-41(55)29-14-10-9-11-15-29)47(46,45(37,8)58)67-44(32,7)21-60-43(57)31-17-13-19-49-33(23)31/h9-20,23-24,32,34-39,58H,21-22H2,1-8H3/t23-,24+,32-,34-,35+,36-,37+,38-,39+,44+,45+,46-,47+/m1/s1. The van der Waals surface area contributed by atoms with E-state index in [4.69, 9.17) is 42.6 Å². The Morgan fingerprint density at radius 3 is 1.94 bits per heavy atom. The second kappa shape index (κ2) is 18.1. The van der Waals surface area contributed by atoms with E-state index in [-0.39, 0.29) is 22.4 Å². The number of pyridine rings is 2. The van der Waals surface area contributed by atoms with Gasteiger partial charge < -0.3 is 47.7 Å². The highest BCUT2D eigenvalue weighted by Crippen LogP contribution is 2.70. The predicted molar refractivity (Wildman–Crippen MR) is 223 cm³/mol. The average molecular weight is 931 g/mol. The van der Waals surface area contributed by atoms with Gasteiger partial charge in [-0.1, -0.05) is 32.0 Å². The molecule has 3 fully saturated rings. The van der Waals surface area contributed by atoms with E-state index in [0.717, 1.165) is 40.8 Å². The van der Waals surface area contributed by atoms with Gasteiger partial charge in [0.05, 0.1) is 34.2 Å². The van der Waals surface area contributed by atoms with Gasteiger partial charge in [-0.25, -0.2) is 14.4 Å². The maximum absolute atomic E-state index is 14.8. The fourth-order valence-electron chi connectivity index (χ4n) is 10.3. The first-order chi connectivity index (χ1) is 31.6. The smallest absolute Gasteiger partial charge is 0.340 e. The zero-order valence-corrected chi connectivity index (χ0v) is 37.8. The minimum atomic E-state index is -2.94. The molecule has 4 bridgehead atoms. The molecular formula is C47H50N2O18. The number of ether oxygens (including phenoxy) is 9. The Hall–Kier alpha value is -6.80. The van der Waals surface area contributed by atoms with Gasteiger partial charge in [0, 0.05) is 52.2 Å². The summed E-state index contributed by atoms with van der Waals surface area (Å²) in [5.74, 6) is -12.2. The number of rotatable bonds is 9. The number of fused-ring (bicyclic) bond motifs is 5. The van der Waals surface area contributed by atoms with Gasteiger partial charge in [0.2, 0.25) is 0 Å². The van der Waals surface area contributed by atoms with Crippen molar-refractivity contribution in [2.75, 3.05) is 13.2 Å². The number of cyclic esters (lactones) is 1. The molecular weight excluding hydrogens is 881 g/mol. The number of benzene rings is 1. The fraction of sp³-hybridized carbons (Fsp3) is 0.489. The van der Waals surface area contributed by atoms with Crippen LogP contribution in [0.5, 0.6) is 0 Å². The SMILES string of the molecule is CC(=O)OC[C@]12[C@H](OC(C)=O)[C@H](OC(C)=O)[C@@H]3[C@@H](OC(=O)c4ccccc4)[C@@]14O[C@@]3(C)COC(=O)c1cccnc1[C@H](C)[C@H](C)C(=O)O[C@@H]([C@H](OC(=O)c1cccnc1)[C@@H]2OC(C)=O)[C@]4(C)O. The third-order valence-electron chi connectivity index (χ3n) is 13.2. The molecule has 356 valence electrons. The van der Waals surface area contributed by atoms with E-state index in [1.54, 1.807) is 13.0 Å². The number of nitrogens with zero attached hydrogens (tertiary/aromatic N) is 2. The predicted octanol–water partition coefficient (Wildman–Crippen LogP) is 3.02. The summed E-state index contributed by atoms with van der Waals surface area (Å²) in [6, 6.07) is 13.2. The van der Waals surface area contributed by atoms with Crippen LogP contribution in [0.25, 0.3) is 0 Å². The molecule has 4 aliphatic rings. The van der Waals surface area contributed by atoms with Crippen LogP contribution >= 0.6 is 0 Å². The van der Waals surface area contributed by atoms with Crippen LogP contribution in [0, 0.1) is 17.3 Å². The molecule has 67 heavy (non-hydrogen) atoms. The summed E-state index contributed by atoms with van der Waals surface area (Å²) in [6.45, 7) is 7.58. The van der Waals surface area contributed by atoms with Gasteiger partial charge in [-0.05, 0) is 50.2 Å². The van der Waals surface area contributed by atoms with Crippen LogP contribution in [0.3, 0.4) is 0 Å². The van der Waals surface area contributed by atoms with E-state index in [0.29, 0.717) is 0 Å². The van der Waals surface area contributed by atoms with Crippen molar-refractivity contribution in [1.29, 1.82) is 0 Å². The van der Waals surface area contributed by atoms with Gasteiger partial charge in [0.15, 0.2) is 30.0 Å². The number of aliphatic hydroxyl groups is 1. The van der Waals surface area contributed by atoms with E-state index >= 15 is 0 Å². The van der Waals surface area contributed by atoms with E-state index in [9.17, 15) is 43.5 Å². The molecule has 20 nitrogen and oxygen atoms in total. The summed E-state index contributed by atoms with van der Waals surface area (Å²) in [5, 5.41) is 13.9. The topological polar surface area (TPSA) is 266 Å². The maximum atomic E-state index is 14.8. The number of hydrogen-bond acceptors (Lipinski definition) is 20. The molecule has 13 atom stereocenters. The van der Waals surface area contributed by atoms with E-state index in [1.807, 2.05) is 0 Å². The van der Waals surface area contributed by atoms with Crippen LogP contribution in [-0.4, -0.2) is 129 Å². The van der Waals surface area contributed by atoms with Crippen molar-refractivity contribution in [3.05, 3.63) is 95.6 Å². The number of aromatic nitrogens is 2. The lowest BCUT2D eigenvalue weighted by Gasteiger charge is -2.67. The van der Waals surface area contributed by atoms with Crippen molar-refractivity contribution >= 4 is 47.8 Å². The second-order valence-corrected chi connectivity index (χ2v) is 17.5. The number of hydrogen-bond donors (Lipinski definition) is 1. The molecule has 20 heteroatoms. The van der Waals surface area contributed by atoms with E-state index in [1.165, 1.54) is 74.8 Å². The minimum absolute atomic E-state index is 0.0424. The molecule has 1 aromatic carbocycles. The third kappa shape index (κ3) is 8.15. The Morgan fingerprint density at radius 2 is 1.33 bits per heavy atom. The summed E-state index contributed by atoms with van der Waals surface area (Å²) in [6.07, 6.45) is -8.69. The lowest BCUT2D eigenvalue weighted by molar-refractivity contribution is -0.385. The molecule has 3 aromatic rings. The molecule has 7 rings (SSSR count).